The van der Waals surface area contributed by atoms with Crippen molar-refractivity contribution in [3.8, 4) is 0 Å². The Labute approximate surface area is 148 Å². The van der Waals surface area contributed by atoms with Gasteiger partial charge >= 0.3 is 0 Å². The first kappa shape index (κ1) is 14.9. The van der Waals surface area contributed by atoms with E-state index in [1.54, 1.807) is 4.68 Å². The van der Waals surface area contributed by atoms with Crippen LogP contribution < -0.4 is 5.32 Å². The van der Waals surface area contributed by atoms with Gasteiger partial charge in [0.15, 0.2) is 0 Å². The van der Waals surface area contributed by atoms with Crippen molar-refractivity contribution in [2.45, 2.75) is 37.7 Å². The van der Waals surface area contributed by atoms with Crippen molar-refractivity contribution in [3.05, 3.63) is 33.8 Å². The van der Waals surface area contributed by atoms with E-state index in [1.165, 1.54) is 0 Å². The lowest BCUT2D eigenvalue weighted by atomic mass is 10.0. The van der Waals surface area contributed by atoms with E-state index >= 15 is 0 Å². The molecule has 0 aromatic carbocycles. The average molecular weight is 355 g/mol. The van der Waals surface area contributed by atoms with Crippen molar-refractivity contribution < 1.29 is 9.32 Å². The van der Waals surface area contributed by atoms with Crippen molar-refractivity contribution in [1.29, 1.82) is 0 Å². The average Bonchev–Trinajstić information content (AvgIpc) is 3.34. The Balaban J connectivity index is 1.64. The zero-order valence-corrected chi connectivity index (χ0v) is 14.9. The molecule has 25 heavy (non-hydrogen) atoms. The normalized spacial score (nSPS) is 15.6. The summed E-state index contributed by atoms with van der Waals surface area (Å²) < 4.78 is 7.10. The van der Waals surface area contributed by atoms with Gasteiger partial charge in [-0.05, 0) is 31.7 Å². The number of anilines is 1. The summed E-state index contributed by atoms with van der Waals surface area (Å²) in [5, 5.41) is 12.4. The number of hydrogen-bond donors (Lipinski definition) is 1. The van der Waals surface area contributed by atoms with Gasteiger partial charge in [0, 0.05) is 29.8 Å². The van der Waals surface area contributed by atoms with Crippen LogP contribution >= 0.6 is 11.8 Å². The Hall–Kier alpha value is -2.35. The van der Waals surface area contributed by atoms with E-state index < -0.39 is 0 Å². The second-order valence-electron chi connectivity index (χ2n) is 6.56. The van der Waals surface area contributed by atoms with E-state index in [4.69, 9.17) is 4.52 Å². The molecule has 1 aliphatic carbocycles. The molecule has 1 amide bonds. The number of thioether (sulfide) groups is 1. The molecule has 3 aromatic heterocycles. The molecule has 0 fully saturated rings. The predicted molar refractivity (Wildman–Crippen MR) is 94.7 cm³/mol. The highest BCUT2D eigenvalue weighted by molar-refractivity contribution is 7.98. The SMILES string of the molecule is Cc1noc2nc3c(c(C(=O)Nc4c5c(nn4C)CSC5)c12)CCC3. The fraction of sp³-hybridized carbons (Fsp3) is 0.412. The molecule has 7 nitrogen and oxygen atoms in total. The Bertz CT molecular complexity index is 1040. The molecule has 0 atom stereocenters. The summed E-state index contributed by atoms with van der Waals surface area (Å²) in [5.74, 6) is 2.45. The van der Waals surface area contributed by atoms with Crippen molar-refractivity contribution >= 4 is 34.6 Å². The zero-order chi connectivity index (χ0) is 17.1. The molecule has 0 saturated carbocycles. The van der Waals surface area contributed by atoms with Crippen LogP contribution in [0, 0.1) is 6.92 Å². The van der Waals surface area contributed by atoms with E-state index in [0.717, 1.165) is 64.5 Å². The fourth-order valence-electron chi connectivity index (χ4n) is 3.83. The molecule has 0 bridgehead atoms. The number of rotatable bonds is 2. The van der Waals surface area contributed by atoms with Crippen LogP contribution in [0.5, 0.6) is 0 Å². The van der Waals surface area contributed by atoms with Crippen LogP contribution in [0.4, 0.5) is 5.82 Å². The number of carbonyl (C=O) groups excluding carboxylic acids is 1. The number of nitrogens with zero attached hydrogens (tertiary/aromatic N) is 4. The molecular formula is C17H17N5O2S. The van der Waals surface area contributed by atoms with Gasteiger partial charge in [0.1, 0.15) is 5.82 Å². The Morgan fingerprint density at radius 3 is 3.00 bits per heavy atom. The number of pyridine rings is 1. The van der Waals surface area contributed by atoms with Crippen molar-refractivity contribution in [3.63, 3.8) is 0 Å². The number of amides is 1. The quantitative estimate of drug-likeness (QED) is 0.761. The van der Waals surface area contributed by atoms with Gasteiger partial charge in [-0.1, -0.05) is 5.16 Å². The highest BCUT2D eigenvalue weighted by atomic mass is 32.2. The van der Waals surface area contributed by atoms with Crippen LogP contribution in [0.2, 0.25) is 0 Å². The molecule has 0 radical (unpaired) electrons. The molecule has 8 heteroatoms. The van der Waals surface area contributed by atoms with Gasteiger partial charge in [-0.3, -0.25) is 9.48 Å². The molecule has 0 unspecified atom stereocenters. The summed E-state index contributed by atoms with van der Waals surface area (Å²) >= 11 is 1.82. The zero-order valence-electron chi connectivity index (χ0n) is 14.0. The first-order valence-electron chi connectivity index (χ1n) is 8.35. The third-order valence-corrected chi connectivity index (χ3v) is 5.96. The Kier molecular flexibility index (Phi) is 3.18. The minimum atomic E-state index is -0.125. The summed E-state index contributed by atoms with van der Waals surface area (Å²) in [5.41, 5.74) is 6.00. The van der Waals surface area contributed by atoms with E-state index in [-0.39, 0.29) is 5.91 Å². The highest BCUT2D eigenvalue weighted by Crippen LogP contribution is 2.36. The topological polar surface area (TPSA) is 85.8 Å². The predicted octanol–water partition coefficient (Wildman–Crippen LogP) is 2.75. The van der Waals surface area contributed by atoms with Crippen LogP contribution in [0.1, 0.15) is 45.0 Å². The summed E-state index contributed by atoms with van der Waals surface area (Å²) in [4.78, 5) is 17.8. The first-order valence-corrected chi connectivity index (χ1v) is 9.50. The van der Waals surface area contributed by atoms with Crippen molar-refractivity contribution in [2.75, 3.05) is 5.32 Å². The van der Waals surface area contributed by atoms with Crippen molar-refractivity contribution in [2.24, 2.45) is 7.05 Å². The van der Waals surface area contributed by atoms with Crippen molar-refractivity contribution in [1.82, 2.24) is 19.9 Å². The minimum absolute atomic E-state index is 0.125. The van der Waals surface area contributed by atoms with E-state index in [2.05, 4.69) is 20.6 Å². The lowest BCUT2D eigenvalue weighted by Gasteiger charge is -2.11. The number of nitrogens with one attached hydrogen (secondary N) is 1. The Morgan fingerprint density at radius 2 is 2.12 bits per heavy atom. The first-order chi connectivity index (χ1) is 12.1. The number of hydrogen-bond acceptors (Lipinski definition) is 6. The van der Waals surface area contributed by atoms with Crippen LogP contribution in [0.15, 0.2) is 4.52 Å². The van der Waals surface area contributed by atoms with Crippen LogP contribution in [0.25, 0.3) is 11.1 Å². The summed E-state index contributed by atoms with van der Waals surface area (Å²) in [6, 6.07) is 0. The molecule has 1 aliphatic heterocycles. The molecule has 0 spiro atoms. The maximum Gasteiger partial charge on any atom is 0.259 e. The third-order valence-electron chi connectivity index (χ3n) is 4.99. The van der Waals surface area contributed by atoms with Gasteiger partial charge < -0.3 is 9.84 Å². The number of fused-ring (bicyclic) bond motifs is 3. The smallest absolute Gasteiger partial charge is 0.259 e. The van der Waals surface area contributed by atoms with E-state index in [9.17, 15) is 4.79 Å². The third kappa shape index (κ3) is 2.13. The molecule has 5 rings (SSSR count). The molecule has 2 aliphatic rings. The van der Waals surface area contributed by atoms with Gasteiger partial charge in [0.2, 0.25) is 0 Å². The fourth-order valence-corrected chi connectivity index (χ4v) is 4.87. The molecule has 4 heterocycles. The van der Waals surface area contributed by atoms with Gasteiger partial charge in [-0.15, -0.1) is 0 Å². The molecule has 128 valence electrons. The van der Waals surface area contributed by atoms with Crippen LogP contribution in [-0.2, 0) is 31.4 Å². The van der Waals surface area contributed by atoms with Gasteiger partial charge in [0.05, 0.1) is 22.3 Å². The van der Waals surface area contributed by atoms with Crippen LogP contribution in [0.3, 0.4) is 0 Å². The Morgan fingerprint density at radius 1 is 1.24 bits per heavy atom. The summed E-state index contributed by atoms with van der Waals surface area (Å²) in [6.45, 7) is 1.85. The van der Waals surface area contributed by atoms with Gasteiger partial charge in [0.25, 0.3) is 11.6 Å². The lowest BCUT2D eigenvalue weighted by Crippen LogP contribution is -2.18. The van der Waals surface area contributed by atoms with Gasteiger partial charge in [-0.2, -0.15) is 16.9 Å². The molecule has 0 saturated heterocycles. The summed E-state index contributed by atoms with van der Waals surface area (Å²) in [7, 11) is 1.87. The van der Waals surface area contributed by atoms with Crippen LogP contribution in [-0.4, -0.2) is 25.8 Å². The van der Waals surface area contributed by atoms with E-state index in [0.29, 0.717) is 17.0 Å². The number of aromatic nitrogens is 4. The molecule has 1 N–H and O–H groups in total. The second-order valence-corrected chi connectivity index (χ2v) is 7.54. The minimum Gasteiger partial charge on any atom is -0.336 e. The maximum atomic E-state index is 13.2. The second kappa shape index (κ2) is 5.32. The summed E-state index contributed by atoms with van der Waals surface area (Å²) in [6.07, 6.45) is 2.76. The number of carbonyl (C=O) groups is 1. The molecule has 3 aromatic rings. The molecular weight excluding hydrogens is 338 g/mol. The lowest BCUT2D eigenvalue weighted by molar-refractivity contribution is 0.102. The van der Waals surface area contributed by atoms with E-state index in [1.807, 2.05) is 25.7 Å². The number of aryl methyl sites for hydroxylation is 3. The highest BCUT2D eigenvalue weighted by Gasteiger charge is 2.29. The largest absolute Gasteiger partial charge is 0.336 e. The maximum absolute atomic E-state index is 13.2. The monoisotopic (exact) mass is 355 g/mol. The van der Waals surface area contributed by atoms with Gasteiger partial charge in [-0.25, -0.2) is 4.98 Å². The standard InChI is InChI=1S/C17H17N5O2S/c1-8-13-14(9-4-3-5-11(9)18-17(13)24-21-8)16(23)19-15-10-6-25-7-12(10)20-22(15)2/h3-7H2,1-2H3,(H,19,23).